The van der Waals surface area contributed by atoms with Crippen molar-refractivity contribution in [1.29, 1.82) is 0 Å². The zero-order chi connectivity index (χ0) is 24.6. The molecule has 0 aromatic heterocycles. The van der Waals surface area contributed by atoms with Crippen LogP contribution in [0.1, 0.15) is 103 Å². The number of carbonyl (C=O) groups excluding carboxylic acids is 1. The van der Waals surface area contributed by atoms with Crippen molar-refractivity contribution in [2.75, 3.05) is 36.1 Å². The molecule has 0 aliphatic rings. The largest absolute Gasteiger partial charge is 0.341 e. The highest BCUT2D eigenvalue weighted by molar-refractivity contribution is 14.1. The lowest BCUT2D eigenvalue weighted by atomic mass is 10.0. The molecule has 0 aliphatic carbocycles. The van der Waals surface area contributed by atoms with E-state index in [1.165, 1.54) is 94.2 Å². The van der Waals surface area contributed by atoms with Crippen molar-refractivity contribution in [3.63, 3.8) is 0 Å². The Kier molecular flexibility index (Phi) is 25.8. The molecule has 198 valence electrons. The zero-order valence-electron chi connectivity index (χ0n) is 21.1. The van der Waals surface area contributed by atoms with Crippen LogP contribution in [0.2, 0.25) is 0 Å². The maximum atomic E-state index is 11.8. The smallest absolute Gasteiger partial charge is 0.314 e. The number of hydrogen-bond acceptors (Lipinski definition) is 3. The number of rotatable bonds is 24. The highest BCUT2D eigenvalue weighted by Gasteiger charge is 2.19. The van der Waals surface area contributed by atoms with Crippen LogP contribution in [0.3, 0.4) is 0 Å². The second kappa shape index (κ2) is 25.5. The van der Waals surface area contributed by atoms with E-state index in [2.05, 4.69) is 40.1 Å². The van der Waals surface area contributed by atoms with E-state index in [0.717, 1.165) is 22.4 Å². The summed E-state index contributed by atoms with van der Waals surface area (Å²) in [5, 5.41) is 5.50. The van der Waals surface area contributed by atoms with E-state index in [-0.39, 0.29) is 12.1 Å². The third kappa shape index (κ3) is 22.6. The van der Waals surface area contributed by atoms with Crippen LogP contribution in [0.15, 0.2) is 0 Å². The molecule has 0 aliphatic heterocycles. The Morgan fingerprint density at radius 1 is 0.939 bits per heavy atom. The lowest BCUT2D eigenvalue weighted by Gasteiger charge is -2.24. The van der Waals surface area contributed by atoms with Crippen LogP contribution in [-0.4, -0.2) is 61.2 Å². The predicted molar refractivity (Wildman–Crippen MR) is 155 cm³/mol. The Hall–Kier alpha value is 0.420. The number of unbranched alkanes of at least 4 members (excludes halogenated alkanes) is 13. The molecule has 33 heavy (non-hydrogen) atoms. The second-order valence-electron chi connectivity index (χ2n) is 8.75. The minimum Gasteiger partial charge on any atom is -0.341 e. The third-order valence-electron chi connectivity index (χ3n) is 5.71. The van der Waals surface area contributed by atoms with Gasteiger partial charge >= 0.3 is 6.03 Å². The van der Waals surface area contributed by atoms with Crippen molar-refractivity contribution >= 4 is 51.7 Å². The SMILES string of the molecule is CCCCCCCCCCCCCCCCSCC(CN(CCCI)S(=O)O)NC(=O)NC. The molecule has 9 heteroatoms. The molecule has 0 radical (unpaired) electrons. The van der Waals surface area contributed by atoms with Gasteiger partial charge in [0.2, 0.25) is 11.3 Å². The summed E-state index contributed by atoms with van der Waals surface area (Å²) >= 11 is 2.08. The summed E-state index contributed by atoms with van der Waals surface area (Å²) in [5.41, 5.74) is 0. The topological polar surface area (TPSA) is 81.7 Å². The summed E-state index contributed by atoms with van der Waals surface area (Å²) in [4.78, 5) is 11.8. The van der Waals surface area contributed by atoms with Crippen molar-refractivity contribution in [2.24, 2.45) is 0 Å². The van der Waals surface area contributed by atoms with Crippen LogP contribution < -0.4 is 10.6 Å². The highest BCUT2D eigenvalue weighted by atomic mass is 127. The number of hydrogen-bond donors (Lipinski definition) is 3. The van der Waals surface area contributed by atoms with Gasteiger partial charge in [0.15, 0.2) is 0 Å². The number of urea groups is 1. The summed E-state index contributed by atoms with van der Waals surface area (Å²) in [6.45, 7) is 3.22. The van der Waals surface area contributed by atoms with E-state index in [1.807, 2.05) is 11.8 Å². The van der Waals surface area contributed by atoms with Crippen molar-refractivity contribution in [1.82, 2.24) is 14.9 Å². The molecule has 0 bridgehead atoms. The summed E-state index contributed by atoms with van der Waals surface area (Å²) in [6.07, 6.45) is 19.9. The molecule has 2 unspecified atom stereocenters. The van der Waals surface area contributed by atoms with Crippen LogP contribution in [-0.2, 0) is 11.3 Å². The van der Waals surface area contributed by atoms with Crippen LogP contribution >= 0.6 is 34.4 Å². The molecule has 6 nitrogen and oxygen atoms in total. The Morgan fingerprint density at radius 3 is 1.91 bits per heavy atom. The quantitative estimate of drug-likeness (QED) is 0.0483. The van der Waals surface area contributed by atoms with E-state index in [4.69, 9.17) is 0 Å². The summed E-state index contributed by atoms with van der Waals surface area (Å²) in [5.74, 6) is 1.82. The molecule has 0 aromatic rings. The molecule has 0 aromatic carbocycles. The van der Waals surface area contributed by atoms with Gasteiger partial charge in [0.1, 0.15) is 0 Å². The van der Waals surface area contributed by atoms with E-state index in [1.54, 1.807) is 7.05 Å². The number of nitrogens with one attached hydrogen (secondary N) is 2. The first-order chi connectivity index (χ1) is 16.0. The molecule has 2 atom stereocenters. The predicted octanol–water partition coefficient (Wildman–Crippen LogP) is 6.76. The van der Waals surface area contributed by atoms with E-state index < -0.39 is 11.3 Å². The van der Waals surface area contributed by atoms with Gasteiger partial charge in [-0.1, -0.05) is 113 Å². The molecule has 2 amide bonds. The maximum absolute atomic E-state index is 11.8. The number of amides is 2. The molecule has 0 saturated heterocycles. The van der Waals surface area contributed by atoms with Gasteiger partial charge in [0, 0.05) is 30.3 Å². The van der Waals surface area contributed by atoms with E-state index in [9.17, 15) is 13.6 Å². The number of halogens is 1. The summed E-state index contributed by atoms with van der Waals surface area (Å²) in [7, 11) is 1.59. The average Bonchev–Trinajstić information content (AvgIpc) is 2.80. The fourth-order valence-corrected chi connectivity index (χ4v) is 5.72. The van der Waals surface area contributed by atoms with Gasteiger partial charge in [-0.05, 0) is 18.6 Å². The fourth-order valence-electron chi connectivity index (χ4n) is 3.74. The first-order valence-corrected chi connectivity index (χ1v) is 16.8. The van der Waals surface area contributed by atoms with Gasteiger partial charge in [0.25, 0.3) is 0 Å². The lowest BCUT2D eigenvalue weighted by molar-refractivity contribution is 0.237. The van der Waals surface area contributed by atoms with Crippen molar-refractivity contribution in [2.45, 2.75) is 109 Å². The monoisotopic (exact) mass is 619 g/mol. The average molecular weight is 620 g/mol. The van der Waals surface area contributed by atoms with Gasteiger partial charge in [-0.3, -0.25) is 4.55 Å². The van der Waals surface area contributed by atoms with Crippen molar-refractivity contribution in [3.05, 3.63) is 0 Å². The first-order valence-electron chi connectivity index (χ1n) is 13.0. The Balaban J connectivity index is 3.80. The first kappa shape index (κ1) is 33.4. The molecular formula is C24H50IN3O3S2. The molecular weight excluding hydrogens is 569 g/mol. The number of alkyl halides is 1. The van der Waals surface area contributed by atoms with Crippen LogP contribution in [0, 0.1) is 0 Å². The van der Waals surface area contributed by atoms with Gasteiger partial charge < -0.3 is 10.6 Å². The molecule has 0 spiro atoms. The Bertz CT molecular complexity index is 476. The zero-order valence-corrected chi connectivity index (χ0v) is 24.9. The van der Waals surface area contributed by atoms with Crippen molar-refractivity contribution < 1.29 is 13.6 Å². The van der Waals surface area contributed by atoms with Crippen LogP contribution in [0.4, 0.5) is 4.79 Å². The van der Waals surface area contributed by atoms with Gasteiger partial charge in [-0.25, -0.2) is 9.00 Å². The minimum absolute atomic E-state index is 0.146. The molecule has 0 fully saturated rings. The van der Waals surface area contributed by atoms with Gasteiger partial charge in [-0.15, -0.1) is 0 Å². The molecule has 0 heterocycles. The van der Waals surface area contributed by atoms with Gasteiger partial charge in [-0.2, -0.15) is 16.1 Å². The highest BCUT2D eigenvalue weighted by Crippen LogP contribution is 2.15. The second-order valence-corrected chi connectivity index (χ2v) is 12.0. The number of thioether (sulfide) groups is 1. The minimum atomic E-state index is -2.01. The Morgan fingerprint density at radius 2 is 1.45 bits per heavy atom. The fraction of sp³-hybridized carbons (Fsp3) is 0.958. The lowest BCUT2D eigenvalue weighted by Crippen LogP contribution is -2.48. The normalized spacial score (nSPS) is 13.2. The van der Waals surface area contributed by atoms with E-state index >= 15 is 0 Å². The summed E-state index contributed by atoms with van der Waals surface area (Å²) in [6, 6.07) is -0.387. The summed E-state index contributed by atoms with van der Waals surface area (Å²) < 4.78 is 23.6. The van der Waals surface area contributed by atoms with Gasteiger partial charge in [0.05, 0.1) is 6.04 Å². The standard InChI is InChI=1S/C24H50IN3O3S2/c1-3-4-5-6-7-8-9-10-11-12-13-14-15-16-20-32-22-23(27-24(29)26-2)21-28(33(30)31)19-17-18-25/h23H,3-22H2,1-2H3,(H,30,31)(H2,26,27,29). The number of carbonyl (C=O) groups is 1. The third-order valence-corrected chi connectivity index (χ3v) is 8.46. The Labute approximate surface area is 224 Å². The molecule has 3 N–H and O–H groups in total. The van der Waals surface area contributed by atoms with E-state index in [0.29, 0.717) is 13.1 Å². The number of nitrogens with zero attached hydrogens (tertiary/aromatic N) is 1. The van der Waals surface area contributed by atoms with Crippen LogP contribution in [0.25, 0.3) is 0 Å². The molecule has 0 saturated carbocycles. The van der Waals surface area contributed by atoms with Crippen LogP contribution in [0.5, 0.6) is 0 Å². The molecule has 0 rings (SSSR count). The van der Waals surface area contributed by atoms with Crippen molar-refractivity contribution in [3.8, 4) is 0 Å². The maximum Gasteiger partial charge on any atom is 0.314 e.